The van der Waals surface area contributed by atoms with Crippen molar-refractivity contribution in [3.05, 3.63) is 52.2 Å². The van der Waals surface area contributed by atoms with Gasteiger partial charge in [0.25, 0.3) is 11.8 Å². The molecule has 1 aliphatic rings. The maximum absolute atomic E-state index is 12.7. The molecule has 3 rings (SSSR count). The third-order valence-corrected chi connectivity index (χ3v) is 6.66. The van der Waals surface area contributed by atoms with E-state index >= 15 is 0 Å². The van der Waals surface area contributed by atoms with Crippen LogP contribution in [0.25, 0.3) is 0 Å². The summed E-state index contributed by atoms with van der Waals surface area (Å²) >= 11 is 1.39. The molecule has 0 spiro atoms. The molecule has 0 aliphatic carbocycles. The molecule has 2 amide bonds. The lowest BCUT2D eigenvalue weighted by Gasteiger charge is -2.31. The minimum atomic E-state index is -0.916. The summed E-state index contributed by atoms with van der Waals surface area (Å²) in [6, 6.07) is 11.3. The number of rotatable bonds is 7. The minimum Gasteiger partial charge on any atom is -0.452 e. The lowest BCUT2D eigenvalue weighted by atomic mass is 9.97. The number of hydrogen-bond acceptors (Lipinski definition) is 5. The zero-order valence-electron chi connectivity index (χ0n) is 18.3. The van der Waals surface area contributed by atoms with E-state index in [1.165, 1.54) is 11.3 Å². The van der Waals surface area contributed by atoms with Crippen molar-refractivity contribution in [2.24, 2.45) is 5.92 Å². The zero-order chi connectivity index (χ0) is 22.4. The molecule has 1 fully saturated rings. The molecule has 1 N–H and O–H groups in total. The van der Waals surface area contributed by atoms with Crippen LogP contribution in [0.4, 0.5) is 5.69 Å². The Morgan fingerprint density at radius 2 is 1.97 bits per heavy atom. The van der Waals surface area contributed by atoms with Gasteiger partial charge in [-0.1, -0.05) is 38.1 Å². The lowest BCUT2D eigenvalue weighted by Crippen LogP contribution is -2.43. The molecule has 6 nitrogen and oxygen atoms in total. The molecule has 1 aliphatic heterocycles. The van der Waals surface area contributed by atoms with Gasteiger partial charge in [-0.25, -0.2) is 0 Å². The summed E-state index contributed by atoms with van der Waals surface area (Å²) in [6.45, 7) is 6.74. The minimum absolute atomic E-state index is 0.0556. The second kappa shape index (κ2) is 10.6. The maximum atomic E-state index is 12.7. The lowest BCUT2D eigenvalue weighted by molar-refractivity contribution is -0.158. The Morgan fingerprint density at radius 1 is 1.19 bits per heavy atom. The predicted octanol–water partition coefficient (Wildman–Crippen LogP) is 4.68. The van der Waals surface area contributed by atoms with Gasteiger partial charge in [0.2, 0.25) is 0 Å². The highest BCUT2D eigenvalue weighted by molar-refractivity contribution is 7.12. The van der Waals surface area contributed by atoms with Gasteiger partial charge in [0.05, 0.1) is 10.8 Å². The van der Waals surface area contributed by atoms with Gasteiger partial charge in [0.1, 0.15) is 0 Å². The number of amides is 2. The van der Waals surface area contributed by atoms with Gasteiger partial charge in [0, 0.05) is 18.8 Å². The number of carbonyl (C=O) groups is 3. The molecule has 0 bridgehead atoms. The fourth-order valence-corrected chi connectivity index (χ4v) is 4.42. The molecule has 1 aromatic carbocycles. The van der Waals surface area contributed by atoms with E-state index in [9.17, 15) is 14.4 Å². The third-order valence-electron chi connectivity index (χ3n) is 5.80. The molecule has 2 heterocycles. The largest absolute Gasteiger partial charge is 0.452 e. The summed E-state index contributed by atoms with van der Waals surface area (Å²) in [5, 5.41) is 4.76. The summed E-state index contributed by atoms with van der Waals surface area (Å²) in [7, 11) is 0. The van der Waals surface area contributed by atoms with E-state index in [4.69, 9.17) is 4.74 Å². The van der Waals surface area contributed by atoms with E-state index in [0.717, 1.165) is 24.1 Å². The Kier molecular flexibility index (Phi) is 7.85. The molecular formula is C24H30N2O4S. The van der Waals surface area contributed by atoms with Crippen molar-refractivity contribution in [2.45, 2.75) is 52.1 Å². The van der Waals surface area contributed by atoms with Crippen LogP contribution in [-0.4, -0.2) is 41.9 Å². The monoisotopic (exact) mass is 442 g/mol. The second-order valence-corrected chi connectivity index (χ2v) is 8.98. The van der Waals surface area contributed by atoms with Crippen LogP contribution in [0.5, 0.6) is 0 Å². The van der Waals surface area contributed by atoms with Gasteiger partial charge in [-0.15, -0.1) is 11.3 Å². The number of likely N-dealkylation sites (tertiary alicyclic amines) is 1. The molecule has 2 aromatic rings. The smallest absolute Gasteiger partial charge is 0.311 e. The van der Waals surface area contributed by atoms with Crippen LogP contribution >= 0.6 is 11.3 Å². The number of hydrogen-bond donors (Lipinski definition) is 1. The van der Waals surface area contributed by atoms with Crippen molar-refractivity contribution in [1.29, 1.82) is 0 Å². The van der Waals surface area contributed by atoms with E-state index in [1.54, 1.807) is 17.9 Å². The van der Waals surface area contributed by atoms with Gasteiger partial charge >= 0.3 is 5.97 Å². The molecule has 1 aromatic heterocycles. The number of thiophene rings is 1. The van der Waals surface area contributed by atoms with E-state index in [-0.39, 0.29) is 11.8 Å². The predicted molar refractivity (Wildman–Crippen MR) is 122 cm³/mol. The third kappa shape index (κ3) is 5.73. The molecule has 0 saturated carbocycles. The number of benzene rings is 1. The number of piperidine rings is 1. The second-order valence-electron chi connectivity index (χ2n) is 8.03. The van der Waals surface area contributed by atoms with Crippen molar-refractivity contribution in [3.8, 4) is 0 Å². The molecule has 166 valence electrons. The Hall–Kier alpha value is -2.67. The zero-order valence-corrected chi connectivity index (χ0v) is 19.1. The molecular weight excluding hydrogens is 412 g/mol. The quantitative estimate of drug-likeness (QED) is 0.632. The van der Waals surface area contributed by atoms with Crippen LogP contribution in [0.3, 0.4) is 0 Å². The Balaban J connectivity index is 1.57. The fraction of sp³-hybridized carbons (Fsp3) is 0.458. The summed E-state index contributed by atoms with van der Waals surface area (Å²) in [5.74, 6) is -0.948. The van der Waals surface area contributed by atoms with E-state index in [0.29, 0.717) is 30.3 Å². The molecule has 3 unspecified atom stereocenters. The Bertz CT molecular complexity index is 912. The van der Waals surface area contributed by atoms with Crippen molar-refractivity contribution in [3.63, 3.8) is 0 Å². The fourth-order valence-electron chi connectivity index (χ4n) is 3.73. The highest BCUT2D eigenvalue weighted by atomic mass is 32.1. The summed E-state index contributed by atoms with van der Waals surface area (Å²) < 4.78 is 5.48. The Labute approximate surface area is 187 Å². The van der Waals surface area contributed by atoms with E-state index in [2.05, 4.69) is 19.2 Å². The molecule has 0 radical (unpaired) electrons. The molecule has 7 heteroatoms. The molecule has 31 heavy (non-hydrogen) atoms. The van der Waals surface area contributed by atoms with E-state index < -0.39 is 18.0 Å². The van der Waals surface area contributed by atoms with Gasteiger partial charge in [-0.3, -0.25) is 14.4 Å². The summed E-state index contributed by atoms with van der Waals surface area (Å²) in [5.41, 5.74) is 1.81. The van der Waals surface area contributed by atoms with Gasteiger partial charge in [0.15, 0.2) is 6.10 Å². The number of carbonyl (C=O) groups excluding carboxylic acids is 3. The maximum Gasteiger partial charge on any atom is 0.311 e. The Morgan fingerprint density at radius 3 is 2.68 bits per heavy atom. The number of nitrogens with one attached hydrogen (secondary N) is 1. The van der Waals surface area contributed by atoms with Gasteiger partial charge < -0.3 is 15.0 Å². The van der Waals surface area contributed by atoms with Crippen LogP contribution in [0.2, 0.25) is 0 Å². The first-order valence-corrected chi connectivity index (χ1v) is 11.7. The first kappa shape index (κ1) is 23.0. The van der Waals surface area contributed by atoms with Crippen LogP contribution < -0.4 is 5.32 Å². The van der Waals surface area contributed by atoms with Crippen molar-refractivity contribution >= 4 is 34.8 Å². The van der Waals surface area contributed by atoms with Crippen LogP contribution in [-0.2, 0) is 14.3 Å². The number of anilines is 1. The molecule has 1 saturated heterocycles. The van der Waals surface area contributed by atoms with Crippen molar-refractivity contribution in [1.82, 2.24) is 4.90 Å². The highest BCUT2D eigenvalue weighted by Gasteiger charge is 2.32. The van der Waals surface area contributed by atoms with Gasteiger partial charge in [-0.2, -0.15) is 0 Å². The highest BCUT2D eigenvalue weighted by Crippen LogP contribution is 2.27. The number of para-hydroxylation sites is 1. The standard InChI is InChI=1S/C24H30N2O4S/c1-4-16(2)19-10-5-6-11-20(19)25-22(27)17(3)30-24(29)18-9-7-13-26(15-18)23(28)21-12-8-14-31-21/h5-6,8,10-12,14,16-18H,4,7,9,13,15H2,1-3H3,(H,25,27). The average Bonchev–Trinajstić information content (AvgIpc) is 3.33. The SMILES string of the molecule is CCC(C)c1ccccc1NC(=O)C(C)OC(=O)C1CCCN(C(=O)c2cccs2)C1. The average molecular weight is 443 g/mol. The van der Waals surface area contributed by atoms with Crippen LogP contribution in [0.1, 0.15) is 61.2 Å². The van der Waals surface area contributed by atoms with Crippen LogP contribution in [0, 0.1) is 5.92 Å². The topological polar surface area (TPSA) is 75.7 Å². The van der Waals surface area contributed by atoms with Crippen LogP contribution in [0.15, 0.2) is 41.8 Å². The van der Waals surface area contributed by atoms with Gasteiger partial charge in [-0.05, 0) is 55.2 Å². The number of esters is 1. The summed E-state index contributed by atoms with van der Waals surface area (Å²) in [4.78, 5) is 40.3. The van der Waals surface area contributed by atoms with E-state index in [1.807, 2.05) is 35.7 Å². The first-order chi connectivity index (χ1) is 14.9. The van der Waals surface area contributed by atoms with Crippen molar-refractivity contribution in [2.75, 3.05) is 18.4 Å². The number of nitrogens with zero attached hydrogens (tertiary/aromatic N) is 1. The first-order valence-electron chi connectivity index (χ1n) is 10.8. The van der Waals surface area contributed by atoms with Crippen molar-refractivity contribution < 1.29 is 19.1 Å². The normalized spacial score (nSPS) is 18.2. The number of ether oxygens (including phenoxy) is 1. The summed E-state index contributed by atoms with van der Waals surface area (Å²) in [6.07, 6.45) is 1.43. The molecule has 3 atom stereocenters.